The lowest BCUT2D eigenvalue weighted by Crippen LogP contribution is -2.33. The monoisotopic (exact) mass is 270 g/mol. The number of hydrogen-bond donors (Lipinski definition) is 0. The molecule has 0 saturated heterocycles. The maximum Gasteiger partial charge on any atom is 0.178 e. The fourth-order valence-corrected chi connectivity index (χ4v) is 3.11. The molecule has 1 aliphatic heterocycles. The molecule has 2 aromatic carbocycles. The molecule has 3 rings (SSSR count). The second-order valence-electron chi connectivity index (χ2n) is 4.49. The number of hydrogen-bond acceptors (Lipinski definition) is 3. The predicted octanol–water partition coefficient (Wildman–Crippen LogP) is 3.35. The maximum absolute atomic E-state index is 12.2. The zero-order valence-corrected chi connectivity index (χ0v) is 11.2. The molecule has 96 valence electrons. The smallest absolute Gasteiger partial charge is 0.178 e. The summed E-state index contributed by atoms with van der Waals surface area (Å²) in [5, 5.41) is 0. The summed E-state index contributed by atoms with van der Waals surface area (Å²) in [5.41, 5.74) is 1.04. The molecule has 0 spiro atoms. The molecule has 1 aliphatic rings. The number of fused-ring (bicyclic) bond motifs is 1. The Kier molecular flexibility index (Phi) is 3.56. The summed E-state index contributed by atoms with van der Waals surface area (Å²) in [4.78, 5) is 13.4. The highest BCUT2D eigenvalue weighted by atomic mass is 32.2. The van der Waals surface area contributed by atoms with Crippen LogP contribution in [0.3, 0.4) is 0 Å². The summed E-state index contributed by atoms with van der Waals surface area (Å²) in [6, 6.07) is 17.7. The van der Waals surface area contributed by atoms with Crippen LogP contribution in [0.15, 0.2) is 59.5 Å². The molecule has 0 aromatic heterocycles. The van der Waals surface area contributed by atoms with Crippen molar-refractivity contribution in [2.45, 2.75) is 17.4 Å². The molecule has 0 bridgehead atoms. The second kappa shape index (κ2) is 5.49. The first-order valence-electron chi connectivity index (χ1n) is 6.28. The van der Waals surface area contributed by atoms with Gasteiger partial charge in [-0.25, -0.2) is 0 Å². The lowest BCUT2D eigenvalue weighted by atomic mass is 10.1. The highest BCUT2D eigenvalue weighted by molar-refractivity contribution is 7.99. The Morgan fingerprint density at radius 2 is 1.84 bits per heavy atom. The third-order valence-corrected chi connectivity index (χ3v) is 4.21. The van der Waals surface area contributed by atoms with Crippen molar-refractivity contribution in [2.24, 2.45) is 0 Å². The number of thioether (sulfide) groups is 1. The van der Waals surface area contributed by atoms with Gasteiger partial charge in [-0.05, 0) is 17.7 Å². The summed E-state index contributed by atoms with van der Waals surface area (Å²) in [6.07, 6.45) is 0.105. The fourth-order valence-electron chi connectivity index (χ4n) is 2.09. The average molecular weight is 270 g/mol. The Balaban J connectivity index is 1.70. The van der Waals surface area contributed by atoms with E-state index >= 15 is 0 Å². The zero-order valence-electron chi connectivity index (χ0n) is 10.4. The Bertz CT molecular complexity index is 580. The van der Waals surface area contributed by atoms with Gasteiger partial charge in [0.05, 0.1) is 0 Å². The van der Waals surface area contributed by atoms with Crippen LogP contribution in [0.4, 0.5) is 0 Å². The van der Waals surface area contributed by atoms with E-state index in [9.17, 15) is 4.79 Å². The molecule has 2 nitrogen and oxygen atoms in total. The molecule has 0 N–H and O–H groups in total. The predicted molar refractivity (Wildman–Crippen MR) is 76.7 cm³/mol. The van der Waals surface area contributed by atoms with Gasteiger partial charge in [-0.2, -0.15) is 0 Å². The van der Waals surface area contributed by atoms with Gasteiger partial charge in [0.2, 0.25) is 0 Å². The van der Waals surface area contributed by atoms with Crippen molar-refractivity contribution in [3.05, 3.63) is 60.2 Å². The normalized spacial score (nSPS) is 17.4. The van der Waals surface area contributed by atoms with Crippen LogP contribution >= 0.6 is 11.8 Å². The van der Waals surface area contributed by atoms with Gasteiger partial charge in [0.15, 0.2) is 11.9 Å². The van der Waals surface area contributed by atoms with Crippen molar-refractivity contribution >= 4 is 17.5 Å². The van der Waals surface area contributed by atoms with E-state index in [1.54, 1.807) is 11.8 Å². The van der Waals surface area contributed by atoms with Crippen LogP contribution in [0, 0.1) is 0 Å². The number of ether oxygens (including phenoxy) is 1. The molecule has 1 unspecified atom stereocenters. The summed E-state index contributed by atoms with van der Waals surface area (Å²) >= 11 is 1.69. The highest BCUT2D eigenvalue weighted by Crippen LogP contribution is 2.35. The molecule has 3 heteroatoms. The van der Waals surface area contributed by atoms with E-state index in [4.69, 9.17) is 4.74 Å². The second-order valence-corrected chi connectivity index (χ2v) is 5.55. The van der Waals surface area contributed by atoms with Crippen LogP contribution in [0.5, 0.6) is 5.75 Å². The first-order valence-corrected chi connectivity index (χ1v) is 7.26. The van der Waals surface area contributed by atoms with Gasteiger partial charge in [-0.1, -0.05) is 42.5 Å². The van der Waals surface area contributed by atoms with Gasteiger partial charge < -0.3 is 4.74 Å². The van der Waals surface area contributed by atoms with Gasteiger partial charge >= 0.3 is 0 Å². The largest absolute Gasteiger partial charge is 0.481 e. The summed E-state index contributed by atoms with van der Waals surface area (Å²) in [7, 11) is 0. The topological polar surface area (TPSA) is 26.3 Å². The van der Waals surface area contributed by atoms with Crippen LogP contribution in [-0.4, -0.2) is 17.6 Å². The molecule has 19 heavy (non-hydrogen) atoms. The SMILES string of the molecule is O=C(Cc1ccccc1)C1CSc2ccccc2O1. The Morgan fingerprint density at radius 1 is 1.11 bits per heavy atom. The molecule has 1 atom stereocenters. The number of Topliss-reactive ketones (excluding diaryl/α,β-unsaturated/α-hetero) is 1. The van der Waals surface area contributed by atoms with Crippen LogP contribution < -0.4 is 4.74 Å². The van der Waals surface area contributed by atoms with Crippen molar-refractivity contribution < 1.29 is 9.53 Å². The summed E-state index contributed by atoms with van der Waals surface area (Å²) in [6.45, 7) is 0. The summed E-state index contributed by atoms with van der Waals surface area (Å²) < 4.78 is 5.80. The van der Waals surface area contributed by atoms with E-state index in [1.807, 2.05) is 54.6 Å². The highest BCUT2D eigenvalue weighted by Gasteiger charge is 2.26. The number of carbonyl (C=O) groups excluding carboxylic acids is 1. The molecule has 1 heterocycles. The minimum absolute atomic E-state index is 0.146. The Labute approximate surface area is 116 Å². The van der Waals surface area contributed by atoms with E-state index in [1.165, 1.54) is 0 Å². The van der Waals surface area contributed by atoms with E-state index in [0.717, 1.165) is 16.2 Å². The van der Waals surface area contributed by atoms with Crippen molar-refractivity contribution in [3.63, 3.8) is 0 Å². The van der Waals surface area contributed by atoms with Crippen LogP contribution in [0.25, 0.3) is 0 Å². The van der Waals surface area contributed by atoms with Gasteiger partial charge in [-0.3, -0.25) is 4.79 Å². The molecule has 0 amide bonds. The van der Waals surface area contributed by atoms with E-state index in [0.29, 0.717) is 12.2 Å². The first kappa shape index (κ1) is 12.3. The van der Waals surface area contributed by atoms with Crippen molar-refractivity contribution in [1.29, 1.82) is 0 Å². The van der Waals surface area contributed by atoms with Gasteiger partial charge in [0.25, 0.3) is 0 Å². The number of benzene rings is 2. The van der Waals surface area contributed by atoms with E-state index in [2.05, 4.69) is 0 Å². The third-order valence-electron chi connectivity index (χ3n) is 3.09. The Morgan fingerprint density at radius 3 is 2.68 bits per heavy atom. The lowest BCUT2D eigenvalue weighted by molar-refractivity contribution is -0.124. The average Bonchev–Trinajstić information content (AvgIpc) is 2.48. The number of ketones is 1. The molecule has 0 aliphatic carbocycles. The van der Waals surface area contributed by atoms with Crippen molar-refractivity contribution in [3.8, 4) is 5.75 Å². The van der Waals surface area contributed by atoms with Crippen LogP contribution in [-0.2, 0) is 11.2 Å². The van der Waals surface area contributed by atoms with Crippen LogP contribution in [0.1, 0.15) is 5.56 Å². The fraction of sp³-hybridized carbons (Fsp3) is 0.188. The maximum atomic E-state index is 12.2. The Hall–Kier alpha value is -1.74. The van der Waals surface area contributed by atoms with Gasteiger partial charge in [-0.15, -0.1) is 11.8 Å². The van der Waals surface area contributed by atoms with Crippen LogP contribution in [0.2, 0.25) is 0 Å². The minimum atomic E-state index is -0.333. The van der Waals surface area contributed by atoms with E-state index in [-0.39, 0.29) is 11.9 Å². The third kappa shape index (κ3) is 2.82. The first-order chi connectivity index (χ1) is 9.33. The zero-order chi connectivity index (χ0) is 13.1. The van der Waals surface area contributed by atoms with E-state index < -0.39 is 0 Å². The lowest BCUT2D eigenvalue weighted by Gasteiger charge is -2.24. The number of rotatable bonds is 3. The standard InChI is InChI=1S/C16H14O2S/c17-13(10-12-6-2-1-3-7-12)15-11-19-16-9-5-4-8-14(16)18-15/h1-9,15H,10-11H2. The summed E-state index contributed by atoms with van der Waals surface area (Å²) in [5.74, 6) is 1.67. The minimum Gasteiger partial charge on any atom is -0.481 e. The molecule has 0 fully saturated rings. The van der Waals surface area contributed by atoms with Gasteiger partial charge in [0, 0.05) is 17.1 Å². The number of para-hydroxylation sites is 1. The molecule has 2 aromatic rings. The number of carbonyl (C=O) groups is 1. The molecule has 0 radical (unpaired) electrons. The van der Waals surface area contributed by atoms with Crippen molar-refractivity contribution in [1.82, 2.24) is 0 Å². The molecular formula is C16H14O2S. The molecular weight excluding hydrogens is 256 g/mol. The van der Waals surface area contributed by atoms with Gasteiger partial charge in [0.1, 0.15) is 5.75 Å². The van der Waals surface area contributed by atoms with Crippen molar-refractivity contribution in [2.75, 3.05) is 5.75 Å². The quantitative estimate of drug-likeness (QED) is 0.855. The molecule has 0 saturated carbocycles.